The summed E-state index contributed by atoms with van der Waals surface area (Å²) in [6.07, 6.45) is 13.8. The Hall–Kier alpha value is -0.120. The van der Waals surface area contributed by atoms with Crippen molar-refractivity contribution in [3.05, 3.63) is 0 Å². The number of hydrogen-bond donors (Lipinski definition) is 3. The first-order chi connectivity index (χ1) is 11.5. The molecule has 1 saturated heterocycles. The predicted octanol–water partition coefficient (Wildman–Crippen LogP) is 1.45. The molecule has 3 heteroatoms. The molecule has 0 spiro atoms. The quantitative estimate of drug-likeness (QED) is 0.449. The monoisotopic (exact) mass is 342 g/mol. The van der Waals surface area contributed by atoms with Crippen LogP contribution in [0.15, 0.2) is 0 Å². The van der Waals surface area contributed by atoms with Crippen molar-refractivity contribution in [3.8, 4) is 0 Å². The van der Waals surface area contributed by atoms with Crippen LogP contribution >= 0.6 is 0 Å². The van der Waals surface area contributed by atoms with E-state index in [4.69, 9.17) is 0 Å². The van der Waals surface area contributed by atoms with Gasteiger partial charge in [0.15, 0.2) is 5.54 Å². The lowest BCUT2D eigenvalue weighted by atomic mass is 9.94. The fraction of sp³-hybridized carbons (Fsp3) is 1.00. The van der Waals surface area contributed by atoms with Gasteiger partial charge in [0.2, 0.25) is 6.67 Å². The van der Waals surface area contributed by atoms with Crippen LogP contribution in [0.4, 0.5) is 0 Å². The average Bonchev–Trinajstić information content (AvgIpc) is 2.54. The summed E-state index contributed by atoms with van der Waals surface area (Å²) >= 11 is 0. The van der Waals surface area contributed by atoms with Crippen LogP contribution < -0.4 is 15.5 Å². The summed E-state index contributed by atoms with van der Waals surface area (Å²) < 4.78 is 0. The van der Waals surface area contributed by atoms with Gasteiger partial charge in [-0.1, -0.05) is 53.4 Å². The molecule has 5 atom stereocenters. The Morgan fingerprint density at radius 2 is 1.21 bits per heavy atom. The number of nitrogens with one attached hydrogen (secondary N) is 2. The average molecular weight is 343 g/mol. The van der Waals surface area contributed by atoms with Crippen molar-refractivity contribution in [2.24, 2.45) is 0 Å². The fourth-order valence-corrected chi connectivity index (χ4v) is 4.83. The van der Waals surface area contributed by atoms with Crippen LogP contribution in [0.25, 0.3) is 0 Å². The second kappa shape index (κ2) is 11.5. The van der Waals surface area contributed by atoms with E-state index in [2.05, 4.69) is 40.4 Å². The molecule has 1 aliphatic heterocycles. The molecular weight excluding hydrogens is 294 g/mol. The molecule has 24 heavy (non-hydrogen) atoms. The smallest absolute Gasteiger partial charge is 0.205 e. The Kier molecular flexibility index (Phi) is 10.5. The lowest BCUT2D eigenvalue weighted by Crippen LogP contribution is -3.40. The lowest BCUT2D eigenvalue weighted by Gasteiger charge is -2.42. The first-order valence-electron chi connectivity index (χ1n) is 11.0. The molecule has 1 heterocycles. The predicted molar refractivity (Wildman–Crippen MR) is 104 cm³/mol. The van der Waals surface area contributed by atoms with E-state index in [-0.39, 0.29) is 5.54 Å². The van der Waals surface area contributed by atoms with E-state index >= 15 is 0 Å². The third-order valence-corrected chi connectivity index (χ3v) is 6.21. The SMILES string of the molecule is CCCCC[C@@H](CC)[NH+]1C[NH+]([C@@H](CC)CCCCC)CC(C)([NH3+])C1. The van der Waals surface area contributed by atoms with Gasteiger partial charge in [-0.05, 0) is 38.5 Å². The molecular formula is C21H48N3+3. The summed E-state index contributed by atoms with van der Waals surface area (Å²) in [5.41, 5.74) is 4.86. The van der Waals surface area contributed by atoms with E-state index in [1.54, 1.807) is 0 Å². The highest BCUT2D eigenvalue weighted by Gasteiger charge is 2.45. The molecule has 0 amide bonds. The number of hydrogen-bond acceptors (Lipinski definition) is 0. The maximum absolute atomic E-state index is 4.61. The molecule has 0 aromatic carbocycles. The third kappa shape index (κ3) is 7.41. The van der Waals surface area contributed by atoms with E-state index in [0.29, 0.717) is 0 Å². The van der Waals surface area contributed by atoms with Crippen LogP contribution in [0.2, 0.25) is 0 Å². The molecule has 3 nitrogen and oxygen atoms in total. The second-order valence-electron chi connectivity index (χ2n) is 8.86. The van der Waals surface area contributed by atoms with Gasteiger partial charge in [0.25, 0.3) is 0 Å². The minimum absolute atomic E-state index is 0.249. The van der Waals surface area contributed by atoms with E-state index < -0.39 is 0 Å². The van der Waals surface area contributed by atoms with Gasteiger partial charge in [-0.25, -0.2) is 0 Å². The standard InChI is InChI=1S/C21H45N3/c1-6-10-12-14-19(8-3)23-16-21(5,22)17-24(18-23)20(9-4)15-13-11-7-2/h19-20H,6-18,22H2,1-5H3/p+3/t19-,20+,21?. The maximum Gasteiger partial charge on any atom is 0.205 e. The minimum atomic E-state index is 0.249. The molecule has 0 aromatic rings. The molecule has 0 saturated carbocycles. The maximum atomic E-state index is 4.61. The Labute approximate surface area is 152 Å². The molecule has 0 aromatic heterocycles. The zero-order valence-electron chi connectivity index (χ0n) is 17.6. The van der Waals surface area contributed by atoms with Gasteiger partial charge in [0.05, 0.1) is 12.1 Å². The Morgan fingerprint density at radius 1 is 0.792 bits per heavy atom. The van der Waals surface area contributed by atoms with Gasteiger partial charge in [0.1, 0.15) is 13.1 Å². The molecule has 0 bridgehead atoms. The van der Waals surface area contributed by atoms with Crippen molar-refractivity contribution in [2.75, 3.05) is 19.8 Å². The summed E-state index contributed by atoms with van der Waals surface area (Å²) in [4.78, 5) is 3.70. The summed E-state index contributed by atoms with van der Waals surface area (Å²) in [7, 11) is 0. The Morgan fingerprint density at radius 3 is 1.54 bits per heavy atom. The molecule has 0 radical (unpaired) electrons. The number of quaternary nitrogens is 3. The molecule has 1 fully saturated rings. The van der Waals surface area contributed by atoms with Crippen molar-refractivity contribution >= 4 is 0 Å². The summed E-state index contributed by atoms with van der Waals surface area (Å²) in [5.74, 6) is 0. The minimum Gasteiger partial charge on any atom is -0.344 e. The first kappa shape index (κ1) is 21.9. The van der Waals surface area contributed by atoms with Gasteiger partial charge in [-0.15, -0.1) is 0 Å². The fourth-order valence-electron chi connectivity index (χ4n) is 4.83. The molecule has 5 N–H and O–H groups in total. The van der Waals surface area contributed by atoms with Crippen LogP contribution in [0, 0.1) is 0 Å². The van der Waals surface area contributed by atoms with Gasteiger partial charge in [-0.3, -0.25) is 9.80 Å². The zero-order valence-corrected chi connectivity index (χ0v) is 17.6. The molecule has 1 aliphatic rings. The Balaban J connectivity index is 2.69. The summed E-state index contributed by atoms with van der Waals surface area (Å²) in [5, 5.41) is 0. The van der Waals surface area contributed by atoms with E-state index in [1.807, 2.05) is 9.80 Å². The molecule has 144 valence electrons. The lowest BCUT2D eigenvalue weighted by molar-refractivity contribution is -1.14. The molecule has 1 rings (SSSR count). The first-order valence-corrected chi connectivity index (χ1v) is 11.0. The topological polar surface area (TPSA) is 36.5 Å². The Bertz CT molecular complexity index is 288. The summed E-state index contributed by atoms with van der Waals surface area (Å²) in [6, 6.07) is 1.70. The van der Waals surface area contributed by atoms with Crippen LogP contribution in [0.3, 0.4) is 0 Å². The van der Waals surface area contributed by atoms with Crippen molar-refractivity contribution in [1.29, 1.82) is 0 Å². The van der Waals surface area contributed by atoms with Crippen LogP contribution in [0.5, 0.6) is 0 Å². The largest absolute Gasteiger partial charge is 0.344 e. The van der Waals surface area contributed by atoms with Crippen molar-refractivity contribution in [3.63, 3.8) is 0 Å². The van der Waals surface area contributed by atoms with E-state index in [0.717, 1.165) is 12.1 Å². The normalized spacial score (nSPS) is 30.2. The number of unbranched alkanes of at least 4 members (excludes halogenated alkanes) is 4. The second-order valence-corrected chi connectivity index (χ2v) is 8.86. The van der Waals surface area contributed by atoms with Gasteiger partial charge in [0, 0.05) is 6.92 Å². The van der Waals surface area contributed by atoms with Gasteiger partial charge >= 0.3 is 0 Å². The van der Waals surface area contributed by atoms with Crippen molar-refractivity contribution in [1.82, 2.24) is 0 Å². The highest BCUT2D eigenvalue weighted by atomic mass is 15.4. The van der Waals surface area contributed by atoms with E-state index in [1.165, 1.54) is 84.0 Å². The van der Waals surface area contributed by atoms with Crippen LogP contribution in [-0.4, -0.2) is 37.4 Å². The van der Waals surface area contributed by atoms with Crippen LogP contribution in [0.1, 0.15) is 98.8 Å². The van der Waals surface area contributed by atoms with Gasteiger partial charge in [-0.2, -0.15) is 0 Å². The number of rotatable bonds is 12. The third-order valence-electron chi connectivity index (χ3n) is 6.21. The summed E-state index contributed by atoms with van der Waals surface area (Å²) in [6.45, 7) is 15.7. The van der Waals surface area contributed by atoms with Crippen molar-refractivity contribution < 1.29 is 15.5 Å². The van der Waals surface area contributed by atoms with E-state index in [9.17, 15) is 0 Å². The zero-order chi connectivity index (χ0) is 18.0. The molecule has 0 aliphatic carbocycles. The molecule has 3 unspecified atom stereocenters. The highest BCUT2D eigenvalue weighted by Crippen LogP contribution is 2.07. The van der Waals surface area contributed by atoms with Crippen molar-refractivity contribution in [2.45, 2.75) is 116 Å². The highest BCUT2D eigenvalue weighted by molar-refractivity contribution is 4.72. The van der Waals surface area contributed by atoms with Crippen LogP contribution in [-0.2, 0) is 0 Å². The van der Waals surface area contributed by atoms with Gasteiger partial charge < -0.3 is 5.73 Å².